The molecule has 0 aliphatic rings. The number of anilines is 2. The Balaban J connectivity index is 1.56. The maximum atomic E-state index is 13.1. The number of amides is 3. The van der Waals surface area contributed by atoms with Gasteiger partial charge in [0.2, 0.25) is 11.8 Å². The highest BCUT2D eigenvalue weighted by molar-refractivity contribution is 7.09. The predicted molar refractivity (Wildman–Crippen MR) is 128 cm³/mol. The van der Waals surface area contributed by atoms with E-state index < -0.39 is 11.7 Å². The van der Waals surface area contributed by atoms with Crippen molar-refractivity contribution >= 4 is 40.4 Å². The van der Waals surface area contributed by atoms with E-state index in [9.17, 15) is 18.8 Å². The van der Waals surface area contributed by atoms with Crippen LogP contribution in [-0.4, -0.2) is 42.3 Å². The average Bonchev–Trinajstić information content (AvgIpc) is 3.33. The number of nitrogens with one attached hydrogen (secondary N) is 3. The molecule has 2 aromatic carbocycles. The topological polar surface area (TPSA) is 90.5 Å². The Kier molecular flexibility index (Phi) is 8.68. The normalized spacial score (nSPS) is 10.6. The van der Waals surface area contributed by atoms with E-state index in [1.54, 1.807) is 40.5 Å². The Hall–Kier alpha value is -3.56. The van der Waals surface area contributed by atoms with Crippen molar-refractivity contribution < 1.29 is 18.8 Å². The van der Waals surface area contributed by atoms with Crippen LogP contribution < -0.4 is 16.0 Å². The fourth-order valence-electron chi connectivity index (χ4n) is 3.05. The van der Waals surface area contributed by atoms with Crippen molar-refractivity contribution in [2.75, 3.05) is 30.3 Å². The van der Waals surface area contributed by atoms with Gasteiger partial charge in [-0.3, -0.25) is 19.3 Å². The summed E-state index contributed by atoms with van der Waals surface area (Å²) < 4.78 is 13.1. The van der Waals surface area contributed by atoms with E-state index in [0.29, 0.717) is 24.5 Å². The maximum Gasteiger partial charge on any atom is 0.257 e. The van der Waals surface area contributed by atoms with Gasteiger partial charge in [0.1, 0.15) is 5.82 Å². The van der Waals surface area contributed by atoms with E-state index in [4.69, 9.17) is 0 Å². The number of thiophene rings is 1. The molecule has 7 nitrogen and oxygen atoms in total. The van der Waals surface area contributed by atoms with E-state index in [2.05, 4.69) is 16.0 Å². The van der Waals surface area contributed by atoms with Gasteiger partial charge in [-0.2, -0.15) is 0 Å². The summed E-state index contributed by atoms with van der Waals surface area (Å²) in [6.07, 6.45) is 0. The Morgan fingerprint density at radius 3 is 2.33 bits per heavy atom. The molecule has 0 saturated heterocycles. The second kappa shape index (κ2) is 11.9. The minimum absolute atomic E-state index is 0.00314. The maximum absolute atomic E-state index is 13.1. The summed E-state index contributed by atoms with van der Waals surface area (Å²) in [6, 6.07) is 15.9. The summed E-state index contributed by atoms with van der Waals surface area (Å²) in [5, 5.41) is 10.2. The number of rotatable bonds is 10. The molecule has 33 heavy (non-hydrogen) atoms. The second-order valence-electron chi connectivity index (χ2n) is 7.21. The first-order valence-electron chi connectivity index (χ1n) is 10.4. The number of carbonyl (C=O) groups excluding carboxylic acids is 3. The van der Waals surface area contributed by atoms with Crippen LogP contribution in [0.4, 0.5) is 15.8 Å². The number of hydrogen-bond donors (Lipinski definition) is 3. The zero-order chi connectivity index (χ0) is 23.6. The lowest BCUT2D eigenvalue weighted by atomic mass is 10.1. The molecular formula is C24H25FN4O3S. The van der Waals surface area contributed by atoms with Gasteiger partial charge in [0.05, 0.1) is 30.9 Å². The summed E-state index contributed by atoms with van der Waals surface area (Å²) >= 11 is 1.56. The smallest absolute Gasteiger partial charge is 0.257 e. The first-order valence-corrected chi connectivity index (χ1v) is 11.3. The number of nitrogens with zero attached hydrogens (tertiary/aromatic N) is 1. The van der Waals surface area contributed by atoms with Gasteiger partial charge in [-0.1, -0.05) is 25.1 Å². The highest BCUT2D eigenvalue weighted by Crippen LogP contribution is 2.18. The molecule has 1 aromatic heterocycles. The lowest BCUT2D eigenvalue weighted by molar-refractivity contribution is -0.123. The summed E-state index contributed by atoms with van der Waals surface area (Å²) in [6.45, 7) is 2.91. The van der Waals surface area contributed by atoms with Crippen LogP contribution in [0.25, 0.3) is 0 Å². The number of halogens is 1. The van der Waals surface area contributed by atoms with E-state index in [1.807, 2.05) is 24.4 Å². The molecule has 3 rings (SSSR count). The summed E-state index contributed by atoms with van der Waals surface area (Å²) in [5.74, 6) is -1.35. The molecule has 0 unspecified atom stereocenters. The van der Waals surface area contributed by atoms with E-state index >= 15 is 0 Å². The molecule has 0 saturated carbocycles. The van der Waals surface area contributed by atoms with Gasteiger partial charge >= 0.3 is 0 Å². The molecule has 0 bridgehead atoms. The molecule has 172 valence electrons. The van der Waals surface area contributed by atoms with E-state index in [0.717, 1.165) is 4.88 Å². The first kappa shape index (κ1) is 24.1. The summed E-state index contributed by atoms with van der Waals surface area (Å²) in [7, 11) is 0. The second-order valence-corrected chi connectivity index (χ2v) is 8.25. The number of hydrogen-bond acceptors (Lipinski definition) is 5. The molecule has 0 aliphatic carbocycles. The SMILES string of the molecule is CCN(CC(=O)NCc1cccs1)CC(=O)Nc1ccccc1C(=O)Nc1ccc(F)cc1. The monoisotopic (exact) mass is 468 g/mol. The molecule has 9 heteroatoms. The quantitative estimate of drug-likeness (QED) is 0.423. The van der Waals surface area contributed by atoms with Crippen LogP contribution in [0.3, 0.4) is 0 Å². The molecule has 0 atom stereocenters. The molecular weight excluding hydrogens is 443 g/mol. The third-order valence-electron chi connectivity index (χ3n) is 4.77. The third-order valence-corrected chi connectivity index (χ3v) is 5.65. The van der Waals surface area contributed by atoms with Crippen molar-refractivity contribution in [2.24, 2.45) is 0 Å². The van der Waals surface area contributed by atoms with E-state index in [1.165, 1.54) is 24.3 Å². The molecule has 1 heterocycles. The molecule has 3 N–H and O–H groups in total. The van der Waals surface area contributed by atoms with Crippen LogP contribution in [0, 0.1) is 5.82 Å². The molecule has 0 aliphatic heterocycles. The Bertz CT molecular complexity index is 1090. The van der Waals surface area contributed by atoms with Crippen LogP contribution in [-0.2, 0) is 16.1 Å². The van der Waals surface area contributed by atoms with Gasteiger partial charge in [0, 0.05) is 10.6 Å². The summed E-state index contributed by atoms with van der Waals surface area (Å²) in [4.78, 5) is 40.3. The van der Waals surface area contributed by atoms with Gasteiger partial charge < -0.3 is 16.0 Å². The Morgan fingerprint density at radius 1 is 0.909 bits per heavy atom. The van der Waals surface area contributed by atoms with Crippen LogP contribution in [0.5, 0.6) is 0 Å². The number of para-hydroxylation sites is 1. The van der Waals surface area contributed by atoms with Crippen LogP contribution in [0.2, 0.25) is 0 Å². The Morgan fingerprint density at radius 2 is 1.64 bits per heavy atom. The standard InChI is InChI=1S/C24H25FN4O3S/c1-2-29(15-22(30)26-14-19-6-5-13-33-19)16-23(31)28-21-8-4-3-7-20(21)24(32)27-18-11-9-17(25)10-12-18/h3-13H,2,14-16H2,1H3,(H,26,30)(H,27,32)(H,28,31). The average molecular weight is 469 g/mol. The van der Waals surface area contributed by atoms with Crippen LogP contribution >= 0.6 is 11.3 Å². The molecule has 0 fully saturated rings. The lowest BCUT2D eigenvalue weighted by Crippen LogP contribution is -2.40. The van der Waals surface area contributed by atoms with Crippen molar-refractivity contribution in [3.05, 3.63) is 82.3 Å². The fourth-order valence-corrected chi connectivity index (χ4v) is 3.70. The van der Waals surface area contributed by atoms with Gasteiger partial charge in [-0.15, -0.1) is 11.3 Å². The van der Waals surface area contributed by atoms with E-state index in [-0.39, 0.29) is 30.5 Å². The van der Waals surface area contributed by atoms with Crippen molar-refractivity contribution in [3.8, 4) is 0 Å². The minimum Gasteiger partial charge on any atom is -0.350 e. The summed E-state index contributed by atoms with van der Waals surface area (Å²) in [5.41, 5.74) is 1.06. The highest BCUT2D eigenvalue weighted by Gasteiger charge is 2.17. The van der Waals surface area contributed by atoms with Crippen molar-refractivity contribution in [1.82, 2.24) is 10.2 Å². The van der Waals surface area contributed by atoms with Gasteiger partial charge in [0.25, 0.3) is 5.91 Å². The Labute approximate surface area is 195 Å². The van der Waals surface area contributed by atoms with Crippen molar-refractivity contribution in [1.29, 1.82) is 0 Å². The molecule has 0 spiro atoms. The van der Waals surface area contributed by atoms with Crippen molar-refractivity contribution in [3.63, 3.8) is 0 Å². The van der Waals surface area contributed by atoms with Crippen molar-refractivity contribution in [2.45, 2.75) is 13.5 Å². The molecule has 0 radical (unpaired) electrons. The van der Waals surface area contributed by atoms with Gasteiger partial charge in [-0.05, 0) is 54.4 Å². The lowest BCUT2D eigenvalue weighted by Gasteiger charge is -2.20. The number of benzene rings is 2. The first-order chi connectivity index (χ1) is 15.9. The fraction of sp³-hybridized carbons (Fsp3) is 0.208. The van der Waals surface area contributed by atoms with Gasteiger partial charge in [0.15, 0.2) is 0 Å². The molecule has 3 aromatic rings. The highest BCUT2D eigenvalue weighted by atomic mass is 32.1. The third kappa shape index (κ3) is 7.51. The van der Waals surface area contributed by atoms with Crippen LogP contribution in [0.1, 0.15) is 22.2 Å². The largest absolute Gasteiger partial charge is 0.350 e. The zero-order valence-corrected chi connectivity index (χ0v) is 19.0. The number of carbonyl (C=O) groups is 3. The predicted octanol–water partition coefficient (Wildman–Crippen LogP) is 3.72. The number of likely N-dealkylation sites (N-methyl/N-ethyl adjacent to an activating group) is 1. The van der Waals surface area contributed by atoms with Gasteiger partial charge in [-0.25, -0.2) is 4.39 Å². The van der Waals surface area contributed by atoms with Crippen LogP contribution in [0.15, 0.2) is 66.0 Å². The zero-order valence-electron chi connectivity index (χ0n) is 18.1. The minimum atomic E-state index is -0.433. The molecule has 3 amide bonds.